The molecule has 1 fully saturated rings. The first-order valence-corrected chi connectivity index (χ1v) is 12.4. The number of likely N-dealkylation sites (tertiary alicyclic amines) is 1. The third kappa shape index (κ3) is 4.90. The molecule has 1 saturated heterocycles. The molecule has 2 aromatic carbocycles. The van der Waals surface area contributed by atoms with E-state index in [-0.39, 0.29) is 22.9 Å². The van der Waals surface area contributed by atoms with Gasteiger partial charge in [-0.2, -0.15) is 0 Å². The van der Waals surface area contributed by atoms with Gasteiger partial charge in [-0.05, 0) is 54.7 Å². The van der Waals surface area contributed by atoms with Crippen LogP contribution < -0.4 is 5.32 Å². The van der Waals surface area contributed by atoms with E-state index in [1.807, 2.05) is 17.0 Å². The zero-order valence-corrected chi connectivity index (χ0v) is 18.4. The average molecular weight is 442 g/mol. The molecular weight excluding hydrogens is 414 g/mol. The number of sulfone groups is 1. The summed E-state index contributed by atoms with van der Waals surface area (Å²) < 4.78 is 23.2. The molecule has 31 heavy (non-hydrogen) atoms. The Morgan fingerprint density at radius 1 is 0.903 bits per heavy atom. The standard InChI is InChI=1S/C23H27N3O4S/c1-31(29,30)21-8-6-18(7-9-21)22(27)25-14-11-20(12-15-25)24-23(28)26-13-10-17-4-2-3-5-19(17)16-26/h2-9,20H,10-16H2,1H3,(H,24,28). The second-order valence-corrected chi connectivity index (χ2v) is 10.3. The van der Waals surface area contributed by atoms with Gasteiger partial charge >= 0.3 is 6.03 Å². The van der Waals surface area contributed by atoms with Crippen molar-refractivity contribution in [3.8, 4) is 0 Å². The van der Waals surface area contributed by atoms with Crippen molar-refractivity contribution in [3.63, 3.8) is 0 Å². The van der Waals surface area contributed by atoms with Crippen molar-refractivity contribution in [2.75, 3.05) is 25.9 Å². The van der Waals surface area contributed by atoms with E-state index in [0.717, 1.165) is 12.7 Å². The lowest BCUT2D eigenvalue weighted by molar-refractivity contribution is 0.0706. The lowest BCUT2D eigenvalue weighted by atomic mass is 10.00. The normalized spacial score (nSPS) is 17.2. The summed E-state index contributed by atoms with van der Waals surface area (Å²) in [5.74, 6) is -0.113. The first-order chi connectivity index (χ1) is 14.8. The number of nitrogens with one attached hydrogen (secondary N) is 1. The molecule has 2 aliphatic rings. The molecule has 164 valence electrons. The summed E-state index contributed by atoms with van der Waals surface area (Å²) in [6.07, 6.45) is 3.41. The zero-order valence-electron chi connectivity index (χ0n) is 17.6. The van der Waals surface area contributed by atoms with Gasteiger partial charge in [0, 0.05) is 44.0 Å². The lowest BCUT2D eigenvalue weighted by Crippen LogP contribution is -2.51. The van der Waals surface area contributed by atoms with Crippen molar-refractivity contribution in [1.82, 2.24) is 15.1 Å². The largest absolute Gasteiger partial charge is 0.338 e. The van der Waals surface area contributed by atoms with Gasteiger partial charge in [0.2, 0.25) is 0 Å². The number of piperidine rings is 1. The maximum absolute atomic E-state index is 12.7. The highest BCUT2D eigenvalue weighted by molar-refractivity contribution is 7.90. The van der Waals surface area contributed by atoms with Crippen molar-refractivity contribution in [3.05, 3.63) is 65.2 Å². The maximum Gasteiger partial charge on any atom is 0.317 e. The van der Waals surface area contributed by atoms with E-state index in [2.05, 4.69) is 17.4 Å². The Labute approximate surface area is 183 Å². The fourth-order valence-electron chi connectivity index (χ4n) is 4.19. The predicted octanol–water partition coefficient (Wildman–Crippen LogP) is 2.46. The highest BCUT2D eigenvalue weighted by atomic mass is 32.2. The van der Waals surface area contributed by atoms with Gasteiger partial charge < -0.3 is 15.1 Å². The summed E-state index contributed by atoms with van der Waals surface area (Å²) in [7, 11) is -3.28. The van der Waals surface area contributed by atoms with Crippen LogP contribution in [0.2, 0.25) is 0 Å². The van der Waals surface area contributed by atoms with Crippen molar-refractivity contribution >= 4 is 21.8 Å². The van der Waals surface area contributed by atoms with Gasteiger partial charge in [0.15, 0.2) is 9.84 Å². The minimum atomic E-state index is -3.28. The maximum atomic E-state index is 12.7. The molecule has 7 nitrogen and oxygen atoms in total. The van der Waals surface area contributed by atoms with Crippen molar-refractivity contribution in [1.29, 1.82) is 0 Å². The van der Waals surface area contributed by atoms with Gasteiger partial charge in [0.25, 0.3) is 5.91 Å². The van der Waals surface area contributed by atoms with Crippen LogP contribution in [0.25, 0.3) is 0 Å². The van der Waals surface area contributed by atoms with E-state index in [1.54, 1.807) is 17.0 Å². The number of rotatable bonds is 3. The quantitative estimate of drug-likeness (QED) is 0.793. The Kier molecular flexibility index (Phi) is 6.00. The van der Waals surface area contributed by atoms with E-state index in [1.165, 1.54) is 23.3 Å². The van der Waals surface area contributed by atoms with Crippen molar-refractivity contribution in [2.24, 2.45) is 0 Å². The van der Waals surface area contributed by atoms with Crippen molar-refractivity contribution in [2.45, 2.75) is 36.7 Å². The molecule has 3 amide bonds. The molecule has 0 bridgehead atoms. The number of amides is 3. The van der Waals surface area contributed by atoms with Crippen LogP contribution in [-0.4, -0.2) is 62.1 Å². The molecule has 0 aromatic heterocycles. The zero-order chi connectivity index (χ0) is 22.0. The summed E-state index contributed by atoms with van der Waals surface area (Å²) in [6, 6.07) is 14.3. The molecule has 0 saturated carbocycles. The van der Waals surface area contributed by atoms with Crippen molar-refractivity contribution < 1.29 is 18.0 Å². The van der Waals surface area contributed by atoms with Gasteiger partial charge in [-0.1, -0.05) is 24.3 Å². The minimum absolute atomic E-state index is 0.0429. The SMILES string of the molecule is CS(=O)(=O)c1ccc(C(=O)N2CCC(NC(=O)N3CCc4ccccc4C3)CC2)cc1. The number of benzene rings is 2. The monoisotopic (exact) mass is 441 g/mol. The summed E-state index contributed by atoms with van der Waals surface area (Å²) in [4.78, 5) is 29.3. The second kappa shape index (κ2) is 8.70. The Bertz CT molecular complexity index is 1070. The number of fused-ring (bicyclic) bond motifs is 1. The Morgan fingerprint density at radius 2 is 1.55 bits per heavy atom. The molecule has 0 spiro atoms. The van der Waals surface area contributed by atoms with Crippen LogP contribution in [-0.2, 0) is 22.8 Å². The van der Waals surface area contributed by atoms with Crippen LogP contribution in [0.5, 0.6) is 0 Å². The van der Waals surface area contributed by atoms with E-state index < -0.39 is 9.84 Å². The van der Waals surface area contributed by atoms with Gasteiger partial charge in [0.05, 0.1) is 4.90 Å². The van der Waals surface area contributed by atoms with Crippen LogP contribution in [0.1, 0.15) is 34.3 Å². The summed E-state index contributed by atoms with van der Waals surface area (Å²) >= 11 is 0. The molecule has 2 aromatic rings. The lowest BCUT2D eigenvalue weighted by Gasteiger charge is -2.35. The smallest absolute Gasteiger partial charge is 0.317 e. The van der Waals surface area contributed by atoms with E-state index in [4.69, 9.17) is 0 Å². The third-order valence-corrected chi connectivity index (χ3v) is 7.19. The highest BCUT2D eigenvalue weighted by Gasteiger charge is 2.27. The number of hydrogen-bond donors (Lipinski definition) is 1. The molecule has 1 N–H and O–H groups in total. The van der Waals surface area contributed by atoms with Gasteiger partial charge in [-0.25, -0.2) is 13.2 Å². The number of hydrogen-bond acceptors (Lipinski definition) is 4. The van der Waals surface area contributed by atoms with Gasteiger partial charge in [-0.3, -0.25) is 4.79 Å². The van der Waals surface area contributed by atoms with Crippen LogP contribution in [0, 0.1) is 0 Å². The minimum Gasteiger partial charge on any atom is -0.338 e. The molecule has 8 heteroatoms. The van der Waals surface area contributed by atoms with Crippen LogP contribution in [0.4, 0.5) is 4.79 Å². The fourth-order valence-corrected chi connectivity index (χ4v) is 4.82. The predicted molar refractivity (Wildman–Crippen MR) is 118 cm³/mol. The summed E-state index contributed by atoms with van der Waals surface area (Å²) in [5.41, 5.74) is 2.98. The number of carbonyl (C=O) groups excluding carboxylic acids is 2. The molecule has 0 aliphatic carbocycles. The van der Waals surface area contributed by atoms with Crippen LogP contribution in [0.15, 0.2) is 53.4 Å². The first-order valence-electron chi connectivity index (χ1n) is 10.5. The molecule has 0 unspecified atom stereocenters. The molecule has 0 radical (unpaired) electrons. The molecule has 2 heterocycles. The van der Waals surface area contributed by atoms with E-state index in [9.17, 15) is 18.0 Å². The summed E-state index contributed by atoms with van der Waals surface area (Å²) in [6.45, 7) is 2.45. The fraction of sp³-hybridized carbons (Fsp3) is 0.391. The van der Waals surface area contributed by atoms with E-state index in [0.29, 0.717) is 44.6 Å². The molecule has 4 rings (SSSR count). The van der Waals surface area contributed by atoms with Gasteiger partial charge in [0.1, 0.15) is 0 Å². The Morgan fingerprint density at radius 3 is 2.19 bits per heavy atom. The first kappa shape index (κ1) is 21.4. The number of urea groups is 1. The highest BCUT2D eigenvalue weighted by Crippen LogP contribution is 2.20. The topological polar surface area (TPSA) is 86.8 Å². The van der Waals surface area contributed by atoms with E-state index >= 15 is 0 Å². The Balaban J connectivity index is 1.29. The number of carbonyl (C=O) groups is 2. The van der Waals surface area contributed by atoms with Crippen LogP contribution in [0.3, 0.4) is 0 Å². The third-order valence-electron chi connectivity index (χ3n) is 6.06. The van der Waals surface area contributed by atoms with Gasteiger partial charge in [-0.15, -0.1) is 0 Å². The molecule has 2 aliphatic heterocycles. The molecule has 0 atom stereocenters. The molecular formula is C23H27N3O4S. The summed E-state index contributed by atoms with van der Waals surface area (Å²) in [5, 5.41) is 3.13. The van der Waals surface area contributed by atoms with Crippen LogP contribution >= 0.6 is 0 Å². The second-order valence-electron chi connectivity index (χ2n) is 8.25. The number of nitrogens with zero attached hydrogens (tertiary/aromatic N) is 2. The average Bonchev–Trinajstić information content (AvgIpc) is 2.78. The Hall–Kier alpha value is -2.87.